The van der Waals surface area contributed by atoms with E-state index in [-0.39, 0.29) is 5.97 Å². The number of hydrogen-bond acceptors (Lipinski definition) is 7. The molecule has 1 N–H and O–H groups in total. The summed E-state index contributed by atoms with van der Waals surface area (Å²) in [6.45, 7) is 4.79. The zero-order valence-electron chi connectivity index (χ0n) is 21.9. The lowest BCUT2D eigenvalue weighted by molar-refractivity contribution is -0.192. The van der Waals surface area contributed by atoms with E-state index in [1.807, 2.05) is 37.4 Å². The molecular formula is C29H24F3N3O5S. The first kappa shape index (κ1) is 29.3. The van der Waals surface area contributed by atoms with Crippen LogP contribution in [0, 0.1) is 0 Å². The Morgan fingerprint density at radius 1 is 0.854 bits per heavy atom. The van der Waals surface area contributed by atoms with Crippen molar-refractivity contribution in [3.8, 4) is 38.7 Å². The van der Waals surface area contributed by atoms with Gasteiger partial charge in [-0.25, -0.2) is 19.1 Å². The van der Waals surface area contributed by atoms with Crippen LogP contribution in [0.3, 0.4) is 0 Å². The van der Waals surface area contributed by atoms with Crippen LogP contribution in [0.1, 0.15) is 24.2 Å². The number of rotatable bonds is 7. The van der Waals surface area contributed by atoms with Gasteiger partial charge in [-0.2, -0.15) is 18.3 Å². The van der Waals surface area contributed by atoms with Gasteiger partial charge < -0.3 is 14.6 Å². The highest BCUT2D eigenvalue weighted by Crippen LogP contribution is 2.30. The minimum absolute atomic E-state index is 0.320. The van der Waals surface area contributed by atoms with Gasteiger partial charge in [0.15, 0.2) is 0 Å². The molecule has 8 nitrogen and oxygen atoms in total. The van der Waals surface area contributed by atoms with Crippen molar-refractivity contribution in [1.29, 1.82) is 0 Å². The van der Waals surface area contributed by atoms with Crippen molar-refractivity contribution in [2.24, 2.45) is 0 Å². The third-order valence-electron chi connectivity index (χ3n) is 5.61. The van der Waals surface area contributed by atoms with E-state index in [1.54, 1.807) is 23.6 Å². The van der Waals surface area contributed by atoms with Crippen LogP contribution >= 0.6 is 11.3 Å². The molecule has 2 aromatic heterocycles. The Kier molecular flexibility index (Phi) is 9.03. The summed E-state index contributed by atoms with van der Waals surface area (Å²) >= 11 is 1.54. The molecule has 2 heterocycles. The summed E-state index contributed by atoms with van der Waals surface area (Å²) in [5.74, 6) is -2.20. The third-order valence-corrected chi connectivity index (χ3v) is 6.58. The normalized spacial score (nSPS) is 11.0. The second-order valence-corrected chi connectivity index (χ2v) is 9.35. The number of esters is 1. The fraction of sp³-hybridized carbons (Fsp3) is 0.172. The molecule has 5 rings (SSSR count). The van der Waals surface area contributed by atoms with Crippen LogP contribution in [0.15, 0.2) is 79.0 Å². The lowest BCUT2D eigenvalue weighted by Gasteiger charge is -2.06. The number of alkyl halides is 3. The maximum atomic E-state index is 11.8. The largest absolute Gasteiger partial charge is 0.494 e. The maximum Gasteiger partial charge on any atom is 0.490 e. The van der Waals surface area contributed by atoms with Gasteiger partial charge >= 0.3 is 18.1 Å². The predicted molar refractivity (Wildman–Crippen MR) is 148 cm³/mol. The molecule has 0 aliphatic carbocycles. The lowest BCUT2D eigenvalue weighted by Crippen LogP contribution is -2.21. The van der Waals surface area contributed by atoms with E-state index >= 15 is 0 Å². The number of carbonyl (C=O) groups excluding carboxylic acids is 1. The highest BCUT2D eigenvalue weighted by Gasteiger charge is 2.38. The summed E-state index contributed by atoms with van der Waals surface area (Å²) in [5, 5.41) is 12.7. The molecule has 212 valence electrons. The summed E-state index contributed by atoms with van der Waals surface area (Å²) in [6, 6.07) is 23.7. The summed E-state index contributed by atoms with van der Waals surface area (Å²) in [6.07, 6.45) is -3.18. The number of nitrogens with zero attached hydrogens (tertiary/aromatic N) is 3. The zero-order valence-corrected chi connectivity index (χ0v) is 22.7. The van der Waals surface area contributed by atoms with Gasteiger partial charge in [-0.1, -0.05) is 59.9 Å². The third kappa shape index (κ3) is 7.28. The quantitative estimate of drug-likeness (QED) is 0.206. The molecule has 5 aromatic rings. The van der Waals surface area contributed by atoms with Crippen molar-refractivity contribution in [1.82, 2.24) is 14.6 Å². The van der Waals surface area contributed by atoms with E-state index in [2.05, 4.69) is 36.4 Å². The van der Waals surface area contributed by atoms with Crippen LogP contribution in [-0.2, 0) is 9.53 Å². The second-order valence-electron chi connectivity index (χ2n) is 8.40. The Morgan fingerprint density at radius 3 is 1.90 bits per heavy atom. The fourth-order valence-corrected chi connectivity index (χ4v) is 4.55. The second kappa shape index (κ2) is 12.6. The van der Waals surface area contributed by atoms with Crippen molar-refractivity contribution < 1.29 is 37.3 Å². The van der Waals surface area contributed by atoms with E-state index in [1.165, 1.54) is 11.3 Å². The molecule has 0 amide bonds. The van der Waals surface area contributed by atoms with Crippen molar-refractivity contribution in [3.05, 3.63) is 84.6 Å². The monoisotopic (exact) mass is 583 g/mol. The lowest BCUT2D eigenvalue weighted by atomic mass is 10.0. The van der Waals surface area contributed by atoms with E-state index in [0.29, 0.717) is 18.8 Å². The Morgan fingerprint density at radius 2 is 1.39 bits per heavy atom. The van der Waals surface area contributed by atoms with Crippen LogP contribution in [0.5, 0.6) is 5.75 Å². The number of ether oxygens (including phenoxy) is 2. The number of benzene rings is 3. The molecule has 0 radical (unpaired) electrons. The minimum Gasteiger partial charge on any atom is -0.494 e. The summed E-state index contributed by atoms with van der Waals surface area (Å²) < 4.78 is 44.1. The van der Waals surface area contributed by atoms with Crippen LogP contribution in [0.2, 0.25) is 0 Å². The van der Waals surface area contributed by atoms with E-state index in [4.69, 9.17) is 29.5 Å². The van der Waals surface area contributed by atoms with E-state index in [0.717, 1.165) is 43.7 Å². The Balaban J connectivity index is 0.000000493. The minimum atomic E-state index is -5.08. The van der Waals surface area contributed by atoms with Crippen molar-refractivity contribution in [3.63, 3.8) is 0 Å². The van der Waals surface area contributed by atoms with Gasteiger partial charge in [-0.3, -0.25) is 0 Å². The van der Waals surface area contributed by atoms with Crippen LogP contribution in [-0.4, -0.2) is 51.0 Å². The van der Waals surface area contributed by atoms with Gasteiger partial charge in [0.1, 0.15) is 10.8 Å². The number of halogens is 3. The van der Waals surface area contributed by atoms with Gasteiger partial charge in [-0.05, 0) is 49.2 Å². The van der Waals surface area contributed by atoms with E-state index in [9.17, 15) is 18.0 Å². The van der Waals surface area contributed by atoms with Crippen LogP contribution < -0.4 is 4.74 Å². The molecular weight excluding hydrogens is 559 g/mol. The Bertz CT molecular complexity index is 1600. The number of carboxylic acids is 1. The number of imidazole rings is 1. The highest BCUT2D eigenvalue weighted by atomic mass is 32.1. The molecule has 41 heavy (non-hydrogen) atoms. The van der Waals surface area contributed by atoms with Crippen molar-refractivity contribution in [2.75, 3.05) is 13.2 Å². The highest BCUT2D eigenvalue weighted by molar-refractivity contribution is 7.19. The van der Waals surface area contributed by atoms with Gasteiger partial charge in [-0.15, -0.1) is 0 Å². The molecule has 0 saturated carbocycles. The van der Waals surface area contributed by atoms with Crippen molar-refractivity contribution >= 4 is 28.2 Å². The molecule has 0 saturated heterocycles. The average molecular weight is 584 g/mol. The summed E-state index contributed by atoms with van der Waals surface area (Å²) in [7, 11) is 0. The van der Waals surface area contributed by atoms with Gasteiger partial charge in [0.2, 0.25) is 4.96 Å². The average Bonchev–Trinajstić information content (AvgIpc) is 3.54. The Labute approximate surface area is 236 Å². The smallest absolute Gasteiger partial charge is 0.490 e. The molecule has 0 bridgehead atoms. The van der Waals surface area contributed by atoms with Crippen LogP contribution in [0.25, 0.3) is 37.9 Å². The number of carboxylic acid groups (broad SMARTS) is 1. The molecule has 0 aliphatic rings. The number of aromatic nitrogens is 3. The van der Waals surface area contributed by atoms with Gasteiger partial charge in [0.05, 0.1) is 30.7 Å². The molecule has 12 heteroatoms. The molecule has 3 aromatic carbocycles. The first-order valence-electron chi connectivity index (χ1n) is 12.4. The van der Waals surface area contributed by atoms with Gasteiger partial charge in [0.25, 0.3) is 0 Å². The topological polar surface area (TPSA) is 103 Å². The summed E-state index contributed by atoms with van der Waals surface area (Å²) in [5.41, 5.74) is 5.59. The molecule has 0 atom stereocenters. The first-order chi connectivity index (χ1) is 19.6. The molecule has 0 fully saturated rings. The molecule has 0 unspecified atom stereocenters. The van der Waals surface area contributed by atoms with E-state index < -0.39 is 12.1 Å². The maximum absolute atomic E-state index is 11.8. The van der Waals surface area contributed by atoms with Crippen molar-refractivity contribution in [2.45, 2.75) is 20.0 Å². The first-order valence-corrected chi connectivity index (χ1v) is 13.2. The predicted octanol–water partition coefficient (Wildman–Crippen LogP) is 7.00. The summed E-state index contributed by atoms with van der Waals surface area (Å²) in [4.78, 5) is 26.3. The number of hydrogen-bond donors (Lipinski definition) is 1. The fourth-order valence-electron chi connectivity index (χ4n) is 3.66. The zero-order chi connectivity index (χ0) is 29.6. The number of carbonyl (C=O) groups is 2. The number of aliphatic carboxylic acids is 1. The number of fused-ring (bicyclic) bond motifs is 1. The SMILES string of the molecule is CCOC(=O)c1ccc(-c2cn3nc(-c4ccc(-c5ccc(OCC)cc5)cc4)sc3n2)cc1.O=C(O)C(F)(F)F. The van der Waals surface area contributed by atoms with Gasteiger partial charge in [0, 0.05) is 11.1 Å². The Hall–Kier alpha value is -4.71. The van der Waals surface area contributed by atoms with Crippen LogP contribution in [0.4, 0.5) is 13.2 Å². The molecule has 0 spiro atoms. The molecule has 0 aliphatic heterocycles. The standard InChI is InChI=1S/C27H23N3O3S.C2HF3O2/c1-3-32-23-15-13-19(14-16-23)18-5-9-21(10-6-18)25-29-30-17-24(28-27(30)34-25)20-7-11-22(12-8-20)26(31)33-4-2;3-2(4,5)1(6)7/h5-17H,3-4H2,1-2H3;(H,6,7).